The zero-order valence-electron chi connectivity index (χ0n) is 9.74. The lowest BCUT2D eigenvalue weighted by Gasteiger charge is -2.10. The van der Waals surface area contributed by atoms with Gasteiger partial charge in [-0.05, 0) is 27.9 Å². The van der Waals surface area contributed by atoms with Crippen LogP contribution in [0.3, 0.4) is 0 Å². The van der Waals surface area contributed by atoms with Gasteiger partial charge < -0.3 is 10.6 Å². The highest BCUT2D eigenvalue weighted by Crippen LogP contribution is 2.22. The zero-order valence-corrected chi connectivity index (χ0v) is 10.6. The number of rotatable bonds is 4. The summed E-state index contributed by atoms with van der Waals surface area (Å²) in [5.41, 5.74) is 6.77. The number of aromatic nitrogens is 2. The summed E-state index contributed by atoms with van der Waals surface area (Å²) in [4.78, 5) is 10.7. The van der Waals surface area contributed by atoms with Gasteiger partial charge in [0, 0.05) is 17.9 Å². The van der Waals surface area contributed by atoms with Gasteiger partial charge in [0.15, 0.2) is 0 Å². The quantitative estimate of drug-likeness (QED) is 0.620. The van der Waals surface area contributed by atoms with Gasteiger partial charge in [0.25, 0.3) is 0 Å². The number of thioether (sulfide) groups is 1. The number of nitrogen functional groups attached to an aromatic ring is 1. The number of hydrogen-bond acceptors (Lipinski definition) is 5. The minimum absolute atomic E-state index is 0.592. The topological polar surface area (TPSA) is 55.0 Å². The first-order valence-corrected chi connectivity index (χ1v) is 5.87. The molecule has 5 heteroatoms. The molecule has 4 nitrogen and oxygen atoms in total. The second-order valence-corrected chi connectivity index (χ2v) is 4.82. The monoisotopic (exact) mass is 226 g/mol. The molecular formula is C10H18N4S. The predicted octanol–water partition coefficient (Wildman–Crippen LogP) is 1.33. The van der Waals surface area contributed by atoms with Crippen LogP contribution < -0.4 is 5.73 Å². The Morgan fingerprint density at radius 2 is 1.93 bits per heavy atom. The normalized spacial score (nSPS) is 11.0. The number of anilines is 1. The third kappa shape index (κ3) is 3.68. The van der Waals surface area contributed by atoms with Crippen LogP contribution in [0.25, 0.3) is 0 Å². The lowest BCUT2D eigenvalue weighted by Crippen LogP contribution is -2.15. The van der Waals surface area contributed by atoms with Gasteiger partial charge >= 0.3 is 0 Å². The third-order valence-corrected chi connectivity index (χ3v) is 3.09. The Labute approximate surface area is 95.3 Å². The maximum absolute atomic E-state index is 5.78. The van der Waals surface area contributed by atoms with Gasteiger partial charge in [0.2, 0.25) is 0 Å². The summed E-state index contributed by atoms with van der Waals surface area (Å²) in [5, 5.41) is 1.00. The average Bonchev–Trinajstić information content (AvgIpc) is 2.12. The second kappa shape index (κ2) is 5.32. The van der Waals surface area contributed by atoms with Crippen LogP contribution in [-0.4, -0.2) is 41.3 Å². The molecule has 0 spiro atoms. The van der Waals surface area contributed by atoms with Crippen molar-refractivity contribution in [3.05, 3.63) is 11.4 Å². The third-order valence-electron chi connectivity index (χ3n) is 2.03. The minimum Gasteiger partial charge on any atom is -0.383 e. The first-order chi connectivity index (χ1) is 7.00. The highest BCUT2D eigenvalue weighted by atomic mass is 32.2. The van der Waals surface area contributed by atoms with Crippen molar-refractivity contribution in [3.8, 4) is 0 Å². The minimum atomic E-state index is 0.592. The predicted molar refractivity (Wildman–Crippen MR) is 65.2 cm³/mol. The van der Waals surface area contributed by atoms with Gasteiger partial charge in [-0.3, -0.25) is 0 Å². The van der Waals surface area contributed by atoms with Crippen molar-refractivity contribution in [1.82, 2.24) is 14.9 Å². The number of hydrogen-bond donors (Lipinski definition) is 1. The fourth-order valence-corrected chi connectivity index (χ4v) is 2.26. The Morgan fingerprint density at radius 3 is 2.53 bits per heavy atom. The van der Waals surface area contributed by atoms with Crippen LogP contribution in [0.4, 0.5) is 5.82 Å². The molecule has 0 fully saturated rings. The fourth-order valence-electron chi connectivity index (χ4n) is 1.09. The summed E-state index contributed by atoms with van der Waals surface area (Å²) in [5.74, 6) is 2.35. The van der Waals surface area contributed by atoms with Crippen molar-refractivity contribution in [2.75, 3.05) is 32.1 Å². The van der Waals surface area contributed by atoms with Crippen molar-refractivity contribution in [1.29, 1.82) is 0 Å². The molecule has 0 aliphatic carbocycles. The van der Waals surface area contributed by atoms with Crippen molar-refractivity contribution in [2.45, 2.75) is 18.9 Å². The molecule has 0 unspecified atom stereocenters. The molecule has 1 heterocycles. The average molecular weight is 226 g/mol. The van der Waals surface area contributed by atoms with Crippen LogP contribution in [0.15, 0.2) is 5.03 Å². The van der Waals surface area contributed by atoms with Crippen LogP contribution in [0.2, 0.25) is 0 Å². The van der Waals surface area contributed by atoms with Crippen molar-refractivity contribution < 1.29 is 0 Å². The zero-order chi connectivity index (χ0) is 11.4. The highest BCUT2D eigenvalue weighted by Gasteiger charge is 2.06. The van der Waals surface area contributed by atoms with E-state index in [-0.39, 0.29) is 0 Å². The smallest absolute Gasteiger partial charge is 0.131 e. The van der Waals surface area contributed by atoms with Crippen LogP contribution in [0.1, 0.15) is 11.4 Å². The molecule has 1 aromatic heterocycles. The first-order valence-electron chi connectivity index (χ1n) is 4.89. The molecule has 84 valence electrons. The Bertz CT molecular complexity index is 338. The van der Waals surface area contributed by atoms with Gasteiger partial charge in [0.05, 0.1) is 0 Å². The SMILES string of the molecule is Cc1nc(N)c(C)c(SCCN(C)C)n1. The highest BCUT2D eigenvalue weighted by molar-refractivity contribution is 7.99. The molecule has 0 aliphatic heterocycles. The molecule has 0 amide bonds. The van der Waals surface area contributed by atoms with Gasteiger partial charge in [-0.15, -0.1) is 11.8 Å². The van der Waals surface area contributed by atoms with E-state index >= 15 is 0 Å². The summed E-state index contributed by atoms with van der Waals surface area (Å²) in [6.45, 7) is 4.87. The van der Waals surface area contributed by atoms with Crippen LogP contribution >= 0.6 is 11.8 Å². The summed E-state index contributed by atoms with van der Waals surface area (Å²) in [7, 11) is 4.13. The molecule has 0 atom stereocenters. The summed E-state index contributed by atoms with van der Waals surface area (Å²) < 4.78 is 0. The number of aryl methyl sites for hydroxylation is 1. The summed E-state index contributed by atoms with van der Waals surface area (Å²) in [6, 6.07) is 0. The molecular weight excluding hydrogens is 208 g/mol. The standard InChI is InChI=1S/C10H18N4S/c1-7-9(11)12-8(2)13-10(7)15-6-5-14(3)4/h5-6H2,1-4H3,(H2,11,12,13). The van der Waals surface area contributed by atoms with Crippen molar-refractivity contribution in [2.24, 2.45) is 0 Å². The molecule has 0 radical (unpaired) electrons. The molecule has 15 heavy (non-hydrogen) atoms. The molecule has 0 saturated heterocycles. The molecule has 1 aromatic rings. The largest absolute Gasteiger partial charge is 0.383 e. The van der Waals surface area contributed by atoms with E-state index in [1.807, 2.05) is 13.8 Å². The number of nitrogens with two attached hydrogens (primary N) is 1. The molecule has 0 aliphatic rings. The van der Waals surface area contributed by atoms with Gasteiger partial charge in [-0.2, -0.15) is 0 Å². The van der Waals surface area contributed by atoms with E-state index in [0.717, 1.165) is 28.7 Å². The van der Waals surface area contributed by atoms with Crippen molar-refractivity contribution in [3.63, 3.8) is 0 Å². The van der Waals surface area contributed by atoms with E-state index in [4.69, 9.17) is 5.73 Å². The number of nitrogens with zero attached hydrogens (tertiary/aromatic N) is 3. The fraction of sp³-hybridized carbons (Fsp3) is 0.600. The van der Waals surface area contributed by atoms with E-state index < -0.39 is 0 Å². The van der Waals surface area contributed by atoms with Crippen LogP contribution in [-0.2, 0) is 0 Å². The van der Waals surface area contributed by atoms with E-state index in [0.29, 0.717) is 5.82 Å². The van der Waals surface area contributed by atoms with Gasteiger partial charge in [0.1, 0.15) is 16.7 Å². The Balaban J connectivity index is 2.68. The van der Waals surface area contributed by atoms with E-state index in [2.05, 4.69) is 29.0 Å². The second-order valence-electron chi connectivity index (χ2n) is 3.74. The maximum Gasteiger partial charge on any atom is 0.131 e. The van der Waals surface area contributed by atoms with Crippen LogP contribution in [0.5, 0.6) is 0 Å². The molecule has 0 saturated carbocycles. The summed E-state index contributed by atoms with van der Waals surface area (Å²) >= 11 is 1.73. The van der Waals surface area contributed by atoms with E-state index in [9.17, 15) is 0 Å². The summed E-state index contributed by atoms with van der Waals surface area (Å²) in [6.07, 6.45) is 0. The first kappa shape index (κ1) is 12.3. The van der Waals surface area contributed by atoms with E-state index in [1.165, 1.54) is 0 Å². The van der Waals surface area contributed by atoms with Crippen molar-refractivity contribution >= 4 is 17.6 Å². The lowest BCUT2D eigenvalue weighted by molar-refractivity contribution is 0.437. The van der Waals surface area contributed by atoms with E-state index in [1.54, 1.807) is 11.8 Å². The van der Waals surface area contributed by atoms with Gasteiger partial charge in [-0.1, -0.05) is 0 Å². The Kier molecular flexibility index (Phi) is 4.35. The molecule has 2 N–H and O–H groups in total. The Morgan fingerprint density at radius 1 is 1.27 bits per heavy atom. The molecule has 1 rings (SSSR count). The Hall–Kier alpha value is -0.810. The molecule has 0 bridgehead atoms. The van der Waals surface area contributed by atoms with Crippen LogP contribution in [0, 0.1) is 13.8 Å². The lowest BCUT2D eigenvalue weighted by atomic mass is 10.3. The van der Waals surface area contributed by atoms with Gasteiger partial charge in [-0.25, -0.2) is 9.97 Å². The molecule has 0 aromatic carbocycles. The maximum atomic E-state index is 5.78.